The highest BCUT2D eigenvalue weighted by molar-refractivity contribution is 5.80. The minimum Gasteiger partial charge on any atom is -0.493 e. The van der Waals surface area contributed by atoms with Crippen LogP contribution >= 0.6 is 0 Å². The lowest BCUT2D eigenvalue weighted by molar-refractivity contribution is 0.0163. The van der Waals surface area contributed by atoms with Crippen molar-refractivity contribution >= 4 is 6.21 Å². The molecule has 0 radical (unpaired) electrons. The number of likely N-dealkylation sites (tertiary alicyclic amines) is 1. The average molecular weight is 376 g/mol. The first kappa shape index (κ1) is 20.0. The minimum absolute atomic E-state index is 0.203. The molecule has 1 aliphatic carbocycles. The van der Waals surface area contributed by atoms with E-state index in [4.69, 9.17) is 14.3 Å². The first-order valence-electron chi connectivity index (χ1n) is 10.1. The normalized spacial score (nSPS) is 20.1. The summed E-state index contributed by atoms with van der Waals surface area (Å²) in [4.78, 5) is 7.58. The van der Waals surface area contributed by atoms with E-state index in [-0.39, 0.29) is 12.7 Å². The number of aliphatic hydroxyl groups is 1. The predicted octanol–water partition coefficient (Wildman–Crippen LogP) is 3.21. The van der Waals surface area contributed by atoms with Gasteiger partial charge >= 0.3 is 0 Å². The number of hydrogen-bond donors (Lipinski definition) is 1. The van der Waals surface area contributed by atoms with Crippen LogP contribution in [0.25, 0.3) is 0 Å². The van der Waals surface area contributed by atoms with Crippen molar-refractivity contribution < 1.29 is 19.4 Å². The lowest BCUT2D eigenvalue weighted by Gasteiger charge is -2.27. The Morgan fingerprint density at radius 2 is 1.93 bits per heavy atom. The third kappa shape index (κ3) is 6.40. The Kier molecular flexibility index (Phi) is 7.78. The van der Waals surface area contributed by atoms with Gasteiger partial charge in [-0.3, -0.25) is 0 Å². The molecule has 6 heteroatoms. The Balaban J connectivity index is 1.47. The summed E-state index contributed by atoms with van der Waals surface area (Å²) in [5.74, 6) is 1.48. The number of rotatable bonds is 9. The molecule has 0 amide bonds. The molecule has 6 nitrogen and oxygen atoms in total. The lowest BCUT2D eigenvalue weighted by Crippen LogP contribution is -2.37. The summed E-state index contributed by atoms with van der Waals surface area (Å²) in [6.45, 7) is 2.98. The Morgan fingerprint density at radius 3 is 2.67 bits per heavy atom. The van der Waals surface area contributed by atoms with E-state index in [0.29, 0.717) is 6.54 Å². The zero-order valence-corrected chi connectivity index (χ0v) is 16.3. The molecule has 27 heavy (non-hydrogen) atoms. The zero-order chi connectivity index (χ0) is 18.9. The van der Waals surface area contributed by atoms with Gasteiger partial charge < -0.3 is 24.3 Å². The summed E-state index contributed by atoms with van der Waals surface area (Å²) < 4.78 is 11.5. The molecule has 0 bridgehead atoms. The van der Waals surface area contributed by atoms with Gasteiger partial charge in [0.25, 0.3) is 0 Å². The van der Waals surface area contributed by atoms with Crippen LogP contribution in [0.15, 0.2) is 23.4 Å². The molecule has 1 aromatic rings. The topological polar surface area (TPSA) is 63.5 Å². The number of oxime groups is 1. The fourth-order valence-corrected chi connectivity index (χ4v) is 3.77. The van der Waals surface area contributed by atoms with E-state index in [9.17, 15) is 5.11 Å². The van der Waals surface area contributed by atoms with E-state index < -0.39 is 6.10 Å². The van der Waals surface area contributed by atoms with Gasteiger partial charge in [-0.1, -0.05) is 11.6 Å². The summed E-state index contributed by atoms with van der Waals surface area (Å²) >= 11 is 0. The van der Waals surface area contributed by atoms with Crippen LogP contribution in [-0.2, 0) is 4.84 Å². The third-order valence-corrected chi connectivity index (χ3v) is 5.24. The lowest BCUT2D eigenvalue weighted by atomic mass is 10.1. The smallest absolute Gasteiger partial charge is 0.162 e. The Labute approximate surface area is 162 Å². The van der Waals surface area contributed by atoms with Gasteiger partial charge in [-0.05, 0) is 69.8 Å². The van der Waals surface area contributed by atoms with E-state index in [0.717, 1.165) is 43.0 Å². The van der Waals surface area contributed by atoms with Gasteiger partial charge in [-0.15, -0.1) is 0 Å². The van der Waals surface area contributed by atoms with Crippen molar-refractivity contribution in [3.63, 3.8) is 0 Å². The molecule has 0 aromatic heterocycles. The van der Waals surface area contributed by atoms with Gasteiger partial charge in [0.15, 0.2) is 11.5 Å². The molecule has 1 aromatic carbocycles. The Bertz CT molecular complexity index is 596. The number of piperidine rings is 1. The molecule has 1 aliphatic heterocycles. The monoisotopic (exact) mass is 376 g/mol. The van der Waals surface area contributed by atoms with Crippen LogP contribution in [0.5, 0.6) is 11.5 Å². The summed E-state index contributed by atoms with van der Waals surface area (Å²) in [5, 5.41) is 14.1. The number of aliphatic hydroxyl groups excluding tert-OH is 1. The van der Waals surface area contributed by atoms with Crippen molar-refractivity contribution in [2.45, 2.75) is 57.2 Å². The number of benzene rings is 1. The van der Waals surface area contributed by atoms with Crippen molar-refractivity contribution in [1.82, 2.24) is 4.90 Å². The molecule has 2 aliphatic rings. The molecule has 1 N–H and O–H groups in total. The first-order chi connectivity index (χ1) is 13.2. The van der Waals surface area contributed by atoms with Crippen molar-refractivity contribution in [1.29, 1.82) is 0 Å². The second-order valence-corrected chi connectivity index (χ2v) is 7.48. The molecule has 1 atom stereocenters. The molecule has 2 fully saturated rings. The van der Waals surface area contributed by atoms with Gasteiger partial charge in [-0.25, -0.2) is 0 Å². The molecule has 3 rings (SSSR count). The first-order valence-corrected chi connectivity index (χ1v) is 10.1. The van der Waals surface area contributed by atoms with Crippen LogP contribution in [-0.4, -0.2) is 61.8 Å². The van der Waals surface area contributed by atoms with E-state index >= 15 is 0 Å². The zero-order valence-electron chi connectivity index (χ0n) is 16.3. The Hall–Kier alpha value is -1.79. The molecule has 0 spiro atoms. The van der Waals surface area contributed by atoms with Gasteiger partial charge in [0, 0.05) is 12.1 Å². The van der Waals surface area contributed by atoms with E-state index in [1.54, 1.807) is 13.3 Å². The van der Waals surface area contributed by atoms with Gasteiger partial charge in [-0.2, -0.15) is 0 Å². The van der Waals surface area contributed by atoms with Crippen LogP contribution in [0.1, 0.15) is 50.5 Å². The number of β-amino-alcohol motifs (C(OH)–C–C–N with tert-alkyl or cyclic N) is 1. The quantitative estimate of drug-likeness (QED) is 0.530. The van der Waals surface area contributed by atoms with Crippen LogP contribution in [0.2, 0.25) is 0 Å². The fourth-order valence-electron chi connectivity index (χ4n) is 3.77. The number of hydrogen-bond acceptors (Lipinski definition) is 6. The number of nitrogens with zero attached hydrogens (tertiary/aromatic N) is 2. The van der Waals surface area contributed by atoms with Crippen LogP contribution in [0.3, 0.4) is 0 Å². The summed E-state index contributed by atoms with van der Waals surface area (Å²) in [6, 6.07) is 5.72. The van der Waals surface area contributed by atoms with Gasteiger partial charge in [0.1, 0.15) is 12.7 Å². The average Bonchev–Trinajstić information content (AvgIpc) is 3.19. The highest BCUT2D eigenvalue weighted by atomic mass is 16.6. The van der Waals surface area contributed by atoms with E-state index in [2.05, 4.69) is 10.1 Å². The highest BCUT2D eigenvalue weighted by Gasteiger charge is 2.18. The highest BCUT2D eigenvalue weighted by Crippen LogP contribution is 2.32. The maximum Gasteiger partial charge on any atom is 0.162 e. The standard InChI is InChI=1S/C21H32N2O4/c1-25-20-10-9-17(13-21(20)27-19-7-3-4-8-19)14-22-26-16-18(24)15-23-11-5-2-6-12-23/h9-10,13-14,18-19,24H,2-8,11-12,15-16H2,1H3/b22-14+. The molecule has 1 saturated heterocycles. The second kappa shape index (κ2) is 10.5. The maximum atomic E-state index is 10.1. The molecule has 150 valence electrons. The minimum atomic E-state index is -0.516. The number of ether oxygens (including phenoxy) is 2. The summed E-state index contributed by atoms with van der Waals surface area (Å²) in [6.07, 6.45) is 9.77. The largest absolute Gasteiger partial charge is 0.493 e. The van der Waals surface area contributed by atoms with Gasteiger partial charge in [0.05, 0.1) is 19.4 Å². The molecular weight excluding hydrogens is 344 g/mol. The van der Waals surface area contributed by atoms with Crippen LogP contribution < -0.4 is 9.47 Å². The van der Waals surface area contributed by atoms with E-state index in [1.807, 2.05) is 18.2 Å². The third-order valence-electron chi connectivity index (χ3n) is 5.24. The van der Waals surface area contributed by atoms with Crippen LogP contribution in [0, 0.1) is 0 Å². The predicted molar refractivity (Wildman–Crippen MR) is 106 cm³/mol. The second-order valence-electron chi connectivity index (χ2n) is 7.48. The molecular formula is C21H32N2O4. The molecule has 1 unspecified atom stereocenters. The van der Waals surface area contributed by atoms with Crippen molar-refractivity contribution in [2.24, 2.45) is 5.16 Å². The SMILES string of the molecule is COc1ccc(/C=N/OCC(O)CN2CCCCC2)cc1OC1CCCC1. The van der Waals surface area contributed by atoms with Gasteiger partial charge in [0.2, 0.25) is 0 Å². The molecule has 1 saturated carbocycles. The maximum absolute atomic E-state index is 10.1. The van der Waals surface area contributed by atoms with Crippen molar-refractivity contribution in [2.75, 3.05) is 33.4 Å². The summed E-state index contributed by atoms with van der Waals surface area (Å²) in [7, 11) is 1.65. The van der Waals surface area contributed by atoms with E-state index in [1.165, 1.54) is 32.1 Å². The van der Waals surface area contributed by atoms with Crippen LogP contribution in [0.4, 0.5) is 0 Å². The Morgan fingerprint density at radius 1 is 1.15 bits per heavy atom. The summed E-state index contributed by atoms with van der Waals surface area (Å²) in [5.41, 5.74) is 0.884. The fraction of sp³-hybridized carbons (Fsp3) is 0.667. The number of methoxy groups -OCH3 is 1. The molecule has 1 heterocycles. The van der Waals surface area contributed by atoms with Crippen molar-refractivity contribution in [3.05, 3.63) is 23.8 Å². The van der Waals surface area contributed by atoms with Crippen molar-refractivity contribution in [3.8, 4) is 11.5 Å².